The Balaban J connectivity index is 2.15. The van der Waals surface area contributed by atoms with E-state index >= 15 is 0 Å². The number of nitrogens with zero attached hydrogens (tertiary/aromatic N) is 4. The monoisotopic (exact) mass is 293 g/mol. The number of fused-ring (bicyclic) bond motifs is 1. The first-order valence-electron chi connectivity index (χ1n) is 7.33. The van der Waals surface area contributed by atoms with Gasteiger partial charge in [0.15, 0.2) is 11.2 Å². The summed E-state index contributed by atoms with van der Waals surface area (Å²) in [6.07, 6.45) is 6.11. The van der Waals surface area contributed by atoms with Crippen LogP contribution in [0.2, 0.25) is 0 Å². The zero-order chi connectivity index (χ0) is 15.4. The van der Waals surface area contributed by atoms with E-state index in [0.29, 0.717) is 11.2 Å². The number of hydrogen-bond donors (Lipinski definition) is 1. The van der Waals surface area contributed by atoms with E-state index in [1.54, 1.807) is 13.4 Å². The van der Waals surface area contributed by atoms with Gasteiger partial charge >= 0.3 is 5.69 Å². The number of rotatable bonds is 7. The van der Waals surface area contributed by atoms with Crippen LogP contribution in [-0.4, -0.2) is 32.3 Å². The number of hydrogen-bond acceptors (Lipinski definition) is 4. The topological polar surface area (TPSA) is 73.8 Å². The third kappa shape index (κ3) is 3.07. The lowest BCUT2D eigenvalue weighted by Crippen LogP contribution is -2.37. The highest BCUT2D eigenvalue weighted by molar-refractivity contribution is 5.69. The smallest absolute Gasteiger partial charge is 0.325 e. The molecule has 0 radical (unpaired) electrons. The molecule has 21 heavy (non-hydrogen) atoms. The summed E-state index contributed by atoms with van der Waals surface area (Å²) < 4.78 is 4.41. The maximum Gasteiger partial charge on any atom is 0.332 e. The van der Waals surface area contributed by atoms with Gasteiger partial charge in [-0.3, -0.25) is 13.9 Å². The number of aromatic nitrogens is 4. The molecule has 116 valence electrons. The van der Waals surface area contributed by atoms with Crippen LogP contribution in [0, 0.1) is 0 Å². The third-order valence-corrected chi connectivity index (χ3v) is 3.79. The van der Waals surface area contributed by atoms with Gasteiger partial charge in [0.1, 0.15) is 0 Å². The molecule has 0 aliphatic heterocycles. The molecular weight excluding hydrogens is 270 g/mol. The molecule has 0 atom stereocenters. The van der Waals surface area contributed by atoms with Crippen LogP contribution in [0.15, 0.2) is 15.9 Å². The van der Waals surface area contributed by atoms with E-state index in [1.807, 2.05) is 11.6 Å². The van der Waals surface area contributed by atoms with Crippen LogP contribution >= 0.6 is 0 Å². The molecule has 7 nitrogen and oxygen atoms in total. The maximum absolute atomic E-state index is 12.2. The van der Waals surface area contributed by atoms with E-state index in [2.05, 4.69) is 10.3 Å². The van der Waals surface area contributed by atoms with Crippen LogP contribution in [0.1, 0.15) is 25.7 Å². The van der Waals surface area contributed by atoms with Crippen LogP contribution in [0.5, 0.6) is 0 Å². The highest BCUT2D eigenvalue weighted by Crippen LogP contribution is 2.08. The molecule has 2 aromatic rings. The third-order valence-electron chi connectivity index (χ3n) is 3.79. The minimum absolute atomic E-state index is 0.277. The van der Waals surface area contributed by atoms with Gasteiger partial charge in [0.05, 0.1) is 6.33 Å². The Bertz CT molecular complexity index is 725. The molecule has 0 bridgehead atoms. The van der Waals surface area contributed by atoms with Crippen LogP contribution in [-0.2, 0) is 20.6 Å². The second-order valence-corrected chi connectivity index (χ2v) is 5.33. The van der Waals surface area contributed by atoms with Crippen molar-refractivity contribution in [2.24, 2.45) is 14.1 Å². The number of unbranched alkanes of at least 4 members (excludes halogenated alkanes) is 3. The largest absolute Gasteiger partial charge is 0.332 e. The quantitative estimate of drug-likeness (QED) is 0.741. The van der Waals surface area contributed by atoms with Crippen molar-refractivity contribution in [1.82, 2.24) is 24.0 Å². The van der Waals surface area contributed by atoms with Crippen LogP contribution in [0.25, 0.3) is 11.2 Å². The van der Waals surface area contributed by atoms with E-state index in [-0.39, 0.29) is 11.2 Å². The fourth-order valence-electron chi connectivity index (χ4n) is 2.50. The summed E-state index contributed by atoms with van der Waals surface area (Å²) in [4.78, 5) is 28.3. The molecule has 0 saturated carbocycles. The summed E-state index contributed by atoms with van der Waals surface area (Å²) in [5.41, 5.74) is 0.346. The van der Waals surface area contributed by atoms with Crippen molar-refractivity contribution in [2.45, 2.75) is 32.2 Å². The van der Waals surface area contributed by atoms with E-state index in [0.717, 1.165) is 36.9 Å². The molecule has 0 aromatic carbocycles. The predicted molar refractivity (Wildman–Crippen MR) is 82.6 cm³/mol. The number of nitrogens with one attached hydrogen (secondary N) is 1. The fourth-order valence-corrected chi connectivity index (χ4v) is 2.50. The summed E-state index contributed by atoms with van der Waals surface area (Å²) >= 11 is 0. The Morgan fingerprint density at radius 1 is 1.10 bits per heavy atom. The zero-order valence-corrected chi connectivity index (χ0v) is 12.9. The Labute approximate surface area is 123 Å². The van der Waals surface area contributed by atoms with E-state index in [4.69, 9.17) is 0 Å². The van der Waals surface area contributed by atoms with Crippen molar-refractivity contribution in [3.8, 4) is 0 Å². The van der Waals surface area contributed by atoms with Crippen LogP contribution < -0.4 is 16.6 Å². The first-order valence-corrected chi connectivity index (χ1v) is 7.33. The molecule has 0 saturated heterocycles. The normalized spacial score (nSPS) is 11.4. The molecule has 0 aliphatic carbocycles. The van der Waals surface area contributed by atoms with Gasteiger partial charge in [-0.25, -0.2) is 9.78 Å². The van der Waals surface area contributed by atoms with Gasteiger partial charge < -0.3 is 9.88 Å². The van der Waals surface area contributed by atoms with E-state index in [9.17, 15) is 9.59 Å². The molecule has 7 heteroatoms. The average molecular weight is 293 g/mol. The highest BCUT2D eigenvalue weighted by atomic mass is 16.2. The van der Waals surface area contributed by atoms with Gasteiger partial charge in [0.25, 0.3) is 5.56 Å². The lowest BCUT2D eigenvalue weighted by Gasteiger charge is -2.06. The van der Waals surface area contributed by atoms with E-state index in [1.165, 1.54) is 18.0 Å². The van der Waals surface area contributed by atoms with Crippen LogP contribution in [0.3, 0.4) is 0 Å². The molecule has 2 rings (SSSR count). The van der Waals surface area contributed by atoms with Gasteiger partial charge in [0, 0.05) is 20.6 Å². The predicted octanol–water partition coefficient (Wildman–Crippen LogP) is 0.214. The summed E-state index contributed by atoms with van der Waals surface area (Å²) in [6, 6.07) is 0. The standard InChI is InChI=1S/C14H23N5O2/c1-15-8-6-4-5-7-9-19-10-16-12-11(19)13(20)18(3)14(21)17(12)2/h10,15H,4-9H2,1-3H3. The van der Waals surface area contributed by atoms with E-state index < -0.39 is 0 Å². The first kappa shape index (κ1) is 15.5. The summed E-state index contributed by atoms with van der Waals surface area (Å²) in [6.45, 7) is 1.79. The Kier molecular flexibility index (Phi) is 4.95. The zero-order valence-electron chi connectivity index (χ0n) is 12.9. The highest BCUT2D eigenvalue weighted by Gasteiger charge is 2.13. The summed E-state index contributed by atoms with van der Waals surface area (Å²) in [5.74, 6) is 0. The molecule has 0 aliphatic rings. The summed E-state index contributed by atoms with van der Waals surface area (Å²) in [5, 5.41) is 3.13. The van der Waals surface area contributed by atoms with Crippen molar-refractivity contribution < 1.29 is 0 Å². The van der Waals surface area contributed by atoms with Gasteiger partial charge in [0.2, 0.25) is 0 Å². The Hall–Kier alpha value is -1.89. The molecule has 2 heterocycles. The van der Waals surface area contributed by atoms with Gasteiger partial charge in [-0.1, -0.05) is 12.8 Å². The van der Waals surface area contributed by atoms with Crippen molar-refractivity contribution in [3.05, 3.63) is 27.2 Å². The van der Waals surface area contributed by atoms with Crippen molar-refractivity contribution >= 4 is 11.2 Å². The fraction of sp³-hybridized carbons (Fsp3) is 0.643. The molecule has 2 aromatic heterocycles. The van der Waals surface area contributed by atoms with Crippen molar-refractivity contribution in [3.63, 3.8) is 0 Å². The molecule has 1 N–H and O–H groups in total. The minimum atomic E-state index is -0.343. The second kappa shape index (κ2) is 6.71. The maximum atomic E-state index is 12.2. The van der Waals surface area contributed by atoms with Crippen molar-refractivity contribution in [2.75, 3.05) is 13.6 Å². The molecular formula is C14H23N5O2. The second-order valence-electron chi connectivity index (χ2n) is 5.33. The van der Waals surface area contributed by atoms with Crippen LogP contribution in [0.4, 0.5) is 0 Å². The Morgan fingerprint density at radius 3 is 2.52 bits per heavy atom. The minimum Gasteiger partial charge on any atom is -0.325 e. The number of aryl methyl sites for hydroxylation is 2. The number of imidazole rings is 1. The molecule has 0 spiro atoms. The molecule has 0 amide bonds. The Morgan fingerprint density at radius 2 is 1.81 bits per heavy atom. The van der Waals surface area contributed by atoms with Gasteiger partial charge in [-0.15, -0.1) is 0 Å². The SMILES string of the molecule is CNCCCCCCn1cnc2c1c(=O)n(C)c(=O)n2C. The first-order chi connectivity index (χ1) is 10.1. The van der Waals surface area contributed by atoms with Gasteiger partial charge in [-0.05, 0) is 26.4 Å². The molecule has 0 fully saturated rings. The average Bonchev–Trinajstić information content (AvgIpc) is 2.90. The molecule has 0 unspecified atom stereocenters. The summed E-state index contributed by atoms with van der Waals surface area (Å²) in [7, 11) is 5.09. The lowest BCUT2D eigenvalue weighted by molar-refractivity contribution is 0.568. The van der Waals surface area contributed by atoms with Gasteiger partial charge in [-0.2, -0.15) is 0 Å². The van der Waals surface area contributed by atoms with Crippen molar-refractivity contribution in [1.29, 1.82) is 0 Å². The lowest BCUT2D eigenvalue weighted by atomic mass is 10.2.